The quantitative estimate of drug-likeness (QED) is 0.180. The van der Waals surface area contributed by atoms with Crippen LogP contribution in [0.15, 0.2) is 95.9 Å². The number of carbonyl (C=O) groups is 2. The van der Waals surface area contributed by atoms with Crippen molar-refractivity contribution < 1.29 is 18.0 Å². The number of halogens is 4. The van der Waals surface area contributed by atoms with E-state index in [1.165, 1.54) is 42.3 Å². The Morgan fingerprint density at radius 3 is 2.02 bits per heavy atom. The molecule has 0 saturated heterocycles. The maximum atomic E-state index is 14.4. The highest BCUT2D eigenvalue weighted by molar-refractivity contribution is 7.92. The summed E-state index contributed by atoms with van der Waals surface area (Å²) >= 11 is 25.0. The first-order valence-corrected chi connectivity index (χ1v) is 16.4. The van der Waals surface area contributed by atoms with E-state index in [2.05, 4.69) is 5.32 Å². The number of anilines is 1. The predicted molar refractivity (Wildman–Crippen MR) is 177 cm³/mol. The van der Waals surface area contributed by atoms with Crippen molar-refractivity contribution in [1.29, 1.82) is 0 Å². The van der Waals surface area contributed by atoms with E-state index in [1.54, 1.807) is 30.3 Å². The Hall–Kier alpha value is -3.27. The zero-order valence-corrected chi connectivity index (χ0v) is 27.6. The van der Waals surface area contributed by atoms with Gasteiger partial charge < -0.3 is 10.2 Å². The van der Waals surface area contributed by atoms with Crippen LogP contribution < -0.4 is 9.62 Å². The van der Waals surface area contributed by atoms with Crippen molar-refractivity contribution in [2.24, 2.45) is 0 Å². The number of nitrogens with zero attached hydrogens (tertiary/aromatic N) is 2. The number of benzene rings is 4. The first-order chi connectivity index (χ1) is 20.9. The molecule has 44 heavy (non-hydrogen) atoms. The Kier molecular flexibility index (Phi) is 11.2. The van der Waals surface area contributed by atoms with E-state index < -0.39 is 34.4 Å². The lowest BCUT2D eigenvalue weighted by molar-refractivity contribution is -0.139. The molecule has 0 aliphatic heterocycles. The van der Waals surface area contributed by atoms with E-state index in [9.17, 15) is 18.0 Å². The van der Waals surface area contributed by atoms with Crippen LogP contribution in [0.25, 0.3) is 0 Å². The number of sulfonamides is 1. The van der Waals surface area contributed by atoms with Gasteiger partial charge in [0.05, 0.1) is 20.6 Å². The van der Waals surface area contributed by atoms with Gasteiger partial charge in [-0.05, 0) is 60.5 Å². The third kappa shape index (κ3) is 8.25. The summed E-state index contributed by atoms with van der Waals surface area (Å²) in [4.78, 5) is 29.0. The fourth-order valence-corrected chi connectivity index (χ4v) is 6.84. The summed E-state index contributed by atoms with van der Waals surface area (Å²) in [5, 5.41) is 3.61. The van der Waals surface area contributed by atoms with Crippen LogP contribution in [0.1, 0.15) is 16.7 Å². The Bertz CT molecular complexity index is 1730. The zero-order valence-electron chi connectivity index (χ0n) is 23.8. The van der Waals surface area contributed by atoms with Crippen LogP contribution in [0, 0.1) is 6.92 Å². The molecule has 0 aliphatic carbocycles. The molecule has 0 heterocycles. The summed E-state index contributed by atoms with van der Waals surface area (Å²) in [5.74, 6) is -1.08. The van der Waals surface area contributed by atoms with Crippen molar-refractivity contribution in [1.82, 2.24) is 10.2 Å². The minimum absolute atomic E-state index is 0.0323. The second kappa shape index (κ2) is 14.7. The van der Waals surface area contributed by atoms with Crippen molar-refractivity contribution in [3.8, 4) is 0 Å². The van der Waals surface area contributed by atoms with E-state index >= 15 is 0 Å². The SMILES string of the molecule is CNC(=O)C(Cc1ccccc1)N(Cc1ccc(Cl)c(Cl)c1)C(=O)CN(c1cc(Cl)cc(Cl)c1)S(=O)(=O)c1ccc(C)cc1. The topological polar surface area (TPSA) is 86.8 Å². The Balaban J connectivity index is 1.82. The van der Waals surface area contributed by atoms with Crippen molar-refractivity contribution in [3.05, 3.63) is 128 Å². The van der Waals surface area contributed by atoms with E-state index in [4.69, 9.17) is 46.4 Å². The monoisotopic (exact) mass is 691 g/mol. The first kappa shape index (κ1) is 33.6. The average molecular weight is 693 g/mol. The third-order valence-corrected chi connectivity index (χ3v) is 9.84. The highest BCUT2D eigenvalue weighted by Crippen LogP contribution is 2.31. The van der Waals surface area contributed by atoms with Crippen LogP contribution in [0.5, 0.6) is 0 Å². The lowest BCUT2D eigenvalue weighted by Gasteiger charge is -2.33. The number of carbonyl (C=O) groups excluding carboxylic acids is 2. The summed E-state index contributed by atoms with van der Waals surface area (Å²) in [6.07, 6.45) is 0.168. The summed E-state index contributed by atoms with van der Waals surface area (Å²) in [5.41, 5.74) is 2.34. The lowest BCUT2D eigenvalue weighted by Crippen LogP contribution is -2.53. The largest absolute Gasteiger partial charge is 0.357 e. The van der Waals surface area contributed by atoms with Crippen molar-refractivity contribution >= 4 is 73.9 Å². The van der Waals surface area contributed by atoms with E-state index in [-0.39, 0.29) is 38.6 Å². The van der Waals surface area contributed by atoms with E-state index in [0.29, 0.717) is 10.6 Å². The van der Waals surface area contributed by atoms with Crippen molar-refractivity contribution in [2.45, 2.75) is 30.8 Å². The van der Waals surface area contributed by atoms with Gasteiger partial charge in [-0.15, -0.1) is 0 Å². The normalized spacial score (nSPS) is 12.0. The molecule has 4 rings (SSSR count). The molecule has 1 unspecified atom stereocenters. The standard InChI is InChI=1S/C32H29Cl4N3O4S/c1-21-8-11-27(12-9-21)44(42,43)39(26-17-24(33)16-25(34)18-26)20-31(40)38(19-23-10-13-28(35)29(36)14-23)30(32(41)37-2)15-22-6-4-3-5-7-22/h3-14,16-18,30H,15,19-20H2,1-2H3,(H,37,41). The van der Waals surface area contributed by atoms with Gasteiger partial charge in [-0.2, -0.15) is 0 Å². The van der Waals surface area contributed by atoms with Gasteiger partial charge in [-0.25, -0.2) is 8.42 Å². The number of aryl methyl sites for hydroxylation is 1. The van der Waals surface area contributed by atoms with Crippen molar-refractivity contribution in [3.63, 3.8) is 0 Å². The van der Waals surface area contributed by atoms with Crippen LogP contribution in [0.4, 0.5) is 5.69 Å². The highest BCUT2D eigenvalue weighted by atomic mass is 35.5. The Morgan fingerprint density at radius 1 is 0.795 bits per heavy atom. The number of likely N-dealkylation sites (N-methyl/N-ethyl adjacent to an activating group) is 1. The van der Waals surface area contributed by atoms with Crippen LogP contribution in [0.2, 0.25) is 20.1 Å². The van der Waals surface area contributed by atoms with Crippen molar-refractivity contribution in [2.75, 3.05) is 17.9 Å². The molecule has 4 aromatic carbocycles. The average Bonchev–Trinajstić information content (AvgIpc) is 2.99. The number of rotatable bonds is 11. The Labute approximate surface area is 277 Å². The number of nitrogens with one attached hydrogen (secondary N) is 1. The van der Waals surface area contributed by atoms with Crippen LogP contribution >= 0.6 is 46.4 Å². The van der Waals surface area contributed by atoms with Crippen LogP contribution in [0.3, 0.4) is 0 Å². The van der Waals surface area contributed by atoms with E-state index in [1.807, 2.05) is 37.3 Å². The van der Waals surface area contributed by atoms with Gasteiger partial charge in [0.25, 0.3) is 10.0 Å². The highest BCUT2D eigenvalue weighted by Gasteiger charge is 2.34. The van der Waals surface area contributed by atoms with Crippen LogP contribution in [-0.4, -0.2) is 44.8 Å². The molecule has 0 fully saturated rings. The predicted octanol–water partition coefficient (Wildman–Crippen LogP) is 7.19. The smallest absolute Gasteiger partial charge is 0.264 e. The molecule has 1 atom stereocenters. The van der Waals surface area contributed by atoms with Gasteiger partial charge in [0.15, 0.2) is 0 Å². The maximum Gasteiger partial charge on any atom is 0.264 e. The van der Waals surface area contributed by atoms with Crippen LogP contribution in [-0.2, 0) is 32.6 Å². The number of amides is 2. The van der Waals surface area contributed by atoms with Gasteiger partial charge in [-0.1, -0.05) is 100 Å². The lowest BCUT2D eigenvalue weighted by atomic mass is 10.0. The maximum absolute atomic E-state index is 14.4. The summed E-state index contributed by atoms with van der Waals surface area (Å²) in [6.45, 7) is 1.12. The molecule has 230 valence electrons. The minimum atomic E-state index is -4.30. The second-order valence-corrected chi connectivity index (χ2v) is 13.6. The molecule has 2 amide bonds. The number of hydrogen-bond donors (Lipinski definition) is 1. The van der Waals surface area contributed by atoms with E-state index in [0.717, 1.165) is 15.4 Å². The molecule has 7 nitrogen and oxygen atoms in total. The van der Waals surface area contributed by atoms with Gasteiger partial charge in [-0.3, -0.25) is 13.9 Å². The molecule has 0 spiro atoms. The summed E-state index contributed by atoms with van der Waals surface area (Å²) in [6, 6.07) is 23.6. The third-order valence-electron chi connectivity index (χ3n) is 6.88. The minimum Gasteiger partial charge on any atom is -0.357 e. The second-order valence-electron chi connectivity index (χ2n) is 10.0. The zero-order chi connectivity index (χ0) is 32.0. The van der Waals surface area contributed by atoms with Gasteiger partial charge in [0, 0.05) is 30.1 Å². The fourth-order valence-electron chi connectivity index (χ4n) is 4.60. The molecule has 0 bridgehead atoms. The Morgan fingerprint density at radius 2 is 1.43 bits per heavy atom. The van der Waals surface area contributed by atoms with Gasteiger partial charge >= 0.3 is 0 Å². The fraction of sp³-hybridized carbons (Fsp3) is 0.188. The molecule has 4 aromatic rings. The molecule has 1 N–H and O–H groups in total. The molecule has 0 aliphatic rings. The summed E-state index contributed by atoms with van der Waals surface area (Å²) in [7, 11) is -2.82. The molecule has 0 radical (unpaired) electrons. The molecular weight excluding hydrogens is 664 g/mol. The first-order valence-electron chi connectivity index (χ1n) is 13.4. The summed E-state index contributed by atoms with van der Waals surface area (Å²) < 4.78 is 29.1. The van der Waals surface area contributed by atoms with Gasteiger partial charge in [0.1, 0.15) is 12.6 Å². The molecule has 0 aromatic heterocycles. The number of hydrogen-bond acceptors (Lipinski definition) is 4. The molecule has 12 heteroatoms. The molecule has 0 saturated carbocycles. The molecular formula is C32H29Cl4N3O4S. The van der Waals surface area contributed by atoms with Gasteiger partial charge in [0.2, 0.25) is 11.8 Å².